The van der Waals surface area contributed by atoms with Crippen LogP contribution in [-0.4, -0.2) is 32.4 Å². The lowest BCUT2D eigenvalue weighted by molar-refractivity contribution is -0.919. The van der Waals surface area contributed by atoms with E-state index in [-0.39, 0.29) is 11.2 Å². The smallest absolute Gasteiger partial charge is 0.200 e. The van der Waals surface area contributed by atoms with Gasteiger partial charge < -0.3 is 23.9 Å². The zero-order chi connectivity index (χ0) is 21.3. The molecule has 0 amide bonds. The molecule has 1 fully saturated rings. The molecule has 0 unspecified atom stereocenters. The van der Waals surface area contributed by atoms with Crippen molar-refractivity contribution in [1.82, 2.24) is 0 Å². The monoisotopic (exact) mass is 410 g/mol. The predicted octanol–water partition coefficient (Wildman–Crippen LogP) is 3.00. The highest BCUT2D eigenvalue weighted by Gasteiger charge is 2.23. The van der Waals surface area contributed by atoms with E-state index in [0.717, 1.165) is 19.0 Å². The fourth-order valence-corrected chi connectivity index (χ4v) is 4.22. The van der Waals surface area contributed by atoms with Crippen molar-refractivity contribution < 1.29 is 23.9 Å². The van der Waals surface area contributed by atoms with E-state index in [1.165, 1.54) is 24.0 Å². The Bertz CT molecular complexity index is 1110. The number of quaternary nitrogens is 1. The van der Waals surface area contributed by atoms with Crippen molar-refractivity contribution in [3.8, 4) is 28.4 Å². The molecule has 4 rings (SSSR count). The first kappa shape index (κ1) is 20.3. The van der Waals surface area contributed by atoms with Gasteiger partial charge in [0.25, 0.3) is 0 Å². The Balaban J connectivity index is 1.75. The number of aromatic hydroxyl groups is 1. The Morgan fingerprint density at radius 1 is 1.10 bits per heavy atom. The van der Waals surface area contributed by atoms with Crippen LogP contribution in [0.2, 0.25) is 0 Å². The summed E-state index contributed by atoms with van der Waals surface area (Å²) in [4.78, 5) is 14.7. The largest absolute Gasteiger partial charge is 0.507 e. The third kappa shape index (κ3) is 3.75. The topological polar surface area (TPSA) is 73.3 Å². The fraction of sp³-hybridized carbons (Fsp3) is 0.375. The molecule has 0 saturated carbocycles. The van der Waals surface area contributed by atoms with E-state index < -0.39 is 0 Å². The van der Waals surface area contributed by atoms with E-state index in [9.17, 15) is 9.90 Å². The van der Waals surface area contributed by atoms with Crippen LogP contribution in [0.25, 0.3) is 22.1 Å². The molecule has 1 saturated heterocycles. The molecular formula is C24H28NO5+. The summed E-state index contributed by atoms with van der Waals surface area (Å²) < 4.78 is 16.6. The van der Waals surface area contributed by atoms with Crippen molar-refractivity contribution in [2.45, 2.75) is 26.3 Å². The third-order valence-corrected chi connectivity index (χ3v) is 6.12. The summed E-state index contributed by atoms with van der Waals surface area (Å²) >= 11 is 0. The number of piperidine rings is 1. The minimum atomic E-state index is -0.132. The predicted molar refractivity (Wildman–Crippen MR) is 115 cm³/mol. The van der Waals surface area contributed by atoms with Crippen molar-refractivity contribution in [2.75, 3.05) is 27.3 Å². The van der Waals surface area contributed by atoms with Gasteiger partial charge in [0.1, 0.15) is 24.1 Å². The second-order valence-corrected chi connectivity index (χ2v) is 8.10. The van der Waals surface area contributed by atoms with Gasteiger partial charge in [-0.3, -0.25) is 4.79 Å². The number of fused-ring (bicyclic) bond motifs is 1. The van der Waals surface area contributed by atoms with E-state index in [4.69, 9.17) is 13.9 Å². The van der Waals surface area contributed by atoms with Crippen molar-refractivity contribution in [3.63, 3.8) is 0 Å². The Kier molecular flexibility index (Phi) is 5.68. The van der Waals surface area contributed by atoms with Crippen LogP contribution < -0.4 is 19.8 Å². The first-order chi connectivity index (χ1) is 14.5. The number of hydrogen-bond donors (Lipinski definition) is 2. The third-order valence-electron chi connectivity index (χ3n) is 6.12. The number of ether oxygens (including phenoxy) is 2. The summed E-state index contributed by atoms with van der Waals surface area (Å²) in [5, 5.41) is 11.0. The average Bonchev–Trinajstić information content (AvgIpc) is 2.77. The van der Waals surface area contributed by atoms with E-state index >= 15 is 0 Å². The van der Waals surface area contributed by atoms with E-state index in [1.54, 1.807) is 44.6 Å². The summed E-state index contributed by atoms with van der Waals surface area (Å²) in [5.41, 5.74) is 2.17. The summed E-state index contributed by atoms with van der Waals surface area (Å²) in [7, 11) is 3.13. The number of rotatable bonds is 5. The van der Waals surface area contributed by atoms with E-state index in [0.29, 0.717) is 45.7 Å². The van der Waals surface area contributed by atoms with Gasteiger partial charge in [0, 0.05) is 0 Å². The first-order valence-electron chi connectivity index (χ1n) is 10.3. The molecule has 2 heterocycles. The van der Waals surface area contributed by atoms with Gasteiger partial charge in [-0.15, -0.1) is 0 Å². The highest BCUT2D eigenvalue weighted by Crippen LogP contribution is 2.33. The lowest BCUT2D eigenvalue weighted by Crippen LogP contribution is -3.11. The highest BCUT2D eigenvalue weighted by molar-refractivity contribution is 5.85. The molecule has 0 spiro atoms. The number of methoxy groups -OCH3 is 2. The van der Waals surface area contributed by atoms with Crippen LogP contribution in [0.5, 0.6) is 17.2 Å². The molecule has 1 aliphatic heterocycles. The molecule has 2 aromatic carbocycles. The van der Waals surface area contributed by atoms with Gasteiger partial charge in [0.15, 0.2) is 11.5 Å². The summed E-state index contributed by atoms with van der Waals surface area (Å²) in [6, 6.07) is 8.56. The molecule has 158 valence electrons. The van der Waals surface area contributed by atoms with Crippen molar-refractivity contribution in [3.05, 3.63) is 52.4 Å². The number of phenolic OH excluding ortho intramolecular Hbond substituents is 1. The van der Waals surface area contributed by atoms with Crippen molar-refractivity contribution >= 4 is 11.0 Å². The zero-order valence-corrected chi connectivity index (χ0v) is 17.7. The normalized spacial score (nSPS) is 19.0. The highest BCUT2D eigenvalue weighted by atomic mass is 16.5. The number of benzene rings is 2. The van der Waals surface area contributed by atoms with E-state index in [2.05, 4.69) is 6.92 Å². The van der Waals surface area contributed by atoms with Crippen molar-refractivity contribution in [2.24, 2.45) is 5.92 Å². The molecule has 6 nitrogen and oxygen atoms in total. The minimum Gasteiger partial charge on any atom is -0.507 e. The van der Waals surface area contributed by atoms with Crippen LogP contribution in [0.4, 0.5) is 0 Å². The van der Waals surface area contributed by atoms with Gasteiger partial charge in [0.05, 0.1) is 43.8 Å². The van der Waals surface area contributed by atoms with Gasteiger partial charge in [-0.1, -0.05) is 13.0 Å². The maximum Gasteiger partial charge on any atom is 0.200 e. The molecule has 6 heteroatoms. The van der Waals surface area contributed by atoms with Crippen molar-refractivity contribution in [1.29, 1.82) is 0 Å². The van der Waals surface area contributed by atoms with Crippen LogP contribution in [0, 0.1) is 5.92 Å². The molecule has 3 aromatic rings. The zero-order valence-electron chi connectivity index (χ0n) is 17.7. The fourth-order valence-electron chi connectivity index (χ4n) is 4.22. The van der Waals surface area contributed by atoms with Gasteiger partial charge in [-0.25, -0.2) is 0 Å². The number of hydrogen-bond acceptors (Lipinski definition) is 5. The Morgan fingerprint density at radius 2 is 1.83 bits per heavy atom. The Morgan fingerprint density at radius 3 is 2.53 bits per heavy atom. The maximum atomic E-state index is 13.3. The Hall–Kier alpha value is -2.99. The average molecular weight is 410 g/mol. The lowest BCUT2D eigenvalue weighted by atomic mass is 9.98. The SMILES string of the molecule is COc1ccc(-c2coc3c(C[NH+]4CCC(C)CC4)c(O)ccc3c2=O)cc1OC. The minimum absolute atomic E-state index is 0.132. The number of nitrogens with one attached hydrogen (secondary N) is 1. The lowest BCUT2D eigenvalue weighted by Gasteiger charge is -2.27. The summed E-state index contributed by atoms with van der Waals surface area (Å²) in [5.74, 6) is 2.06. The second-order valence-electron chi connectivity index (χ2n) is 8.10. The van der Waals surface area contributed by atoms with Crippen LogP contribution >= 0.6 is 0 Å². The quantitative estimate of drug-likeness (QED) is 0.677. The van der Waals surface area contributed by atoms with E-state index in [1.807, 2.05) is 0 Å². The summed E-state index contributed by atoms with van der Waals surface area (Å²) in [6.45, 7) is 5.05. The second kappa shape index (κ2) is 8.40. The van der Waals surface area contributed by atoms with Crippen LogP contribution in [0.1, 0.15) is 25.3 Å². The van der Waals surface area contributed by atoms with Crippen LogP contribution in [-0.2, 0) is 6.54 Å². The molecule has 1 aromatic heterocycles. The molecular weight excluding hydrogens is 382 g/mol. The molecule has 0 bridgehead atoms. The molecule has 1 aliphatic rings. The standard InChI is InChI=1S/C24H27NO5/c1-15-8-10-25(11-9-15)13-18-20(26)6-5-17-23(27)19(14-30-24(17)18)16-4-7-21(28-2)22(12-16)29-3/h4-7,12,14-15,26H,8-11,13H2,1-3H3/p+1. The Labute approximate surface area is 175 Å². The van der Waals surface area contributed by atoms with Crippen LogP contribution in [0.3, 0.4) is 0 Å². The molecule has 0 radical (unpaired) electrons. The maximum absolute atomic E-state index is 13.3. The molecule has 0 aliphatic carbocycles. The molecule has 0 atom stereocenters. The summed E-state index contributed by atoms with van der Waals surface area (Å²) in [6.07, 6.45) is 3.82. The van der Waals surface area contributed by atoms with Gasteiger partial charge in [-0.2, -0.15) is 0 Å². The first-order valence-corrected chi connectivity index (χ1v) is 10.3. The number of likely N-dealkylation sites (tertiary alicyclic amines) is 1. The molecule has 30 heavy (non-hydrogen) atoms. The molecule has 2 N–H and O–H groups in total. The van der Waals surface area contributed by atoms with Crippen LogP contribution in [0.15, 0.2) is 45.8 Å². The number of phenols is 1. The van der Waals surface area contributed by atoms with Gasteiger partial charge in [0.2, 0.25) is 5.43 Å². The van der Waals surface area contributed by atoms with Gasteiger partial charge >= 0.3 is 0 Å². The van der Waals surface area contributed by atoms with Gasteiger partial charge in [-0.05, 0) is 48.6 Å².